The van der Waals surface area contributed by atoms with E-state index in [0.29, 0.717) is 18.7 Å². The molecule has 4 aromatic rings. The maximum absolute atomic E-state index is 12.1. The number of aromatic carboxylic acids is 1. The van der Waals surface area contributed by atoms with Crippen molar-refractivity contribution in [2.75, 3.05) is 6.61 Å². The van der Waals surface area contributed by atoms with E-state index in [4.69, 9.17) is 4.74 Å². The lowest BCUT2D eigenvalue weighted by Gasteiger charge is -2.13. The standard InChI is InChI=1S/C25H21NO4/c1-2-30-25(29)20-8-5-7-17(14-20)22-9-4-3-6-21(22)16-26-13-12-18-15-19(24(27)28)10-11-23(18)26/h3-15H,2,16H2,1H3,(H,27,28). The molecular weight excluding hydrogens is 378 g/mol. The van der Waals surface area contributed by atoms with Crippen molar-refractivity contribution < 1.29 is 19.4 Å². The molecule has 1 N–H and O–H groups in total. The SMILES string of the molecule is CCOC(=O)c1cccc(-c2ccccc2Cn2ccc3cc(C(=O)O)ccc32)c1. The van der Waals surface area contributed by atoms with Gasteiger partial charge in [-0.25, -0.2) is 9.59 Å². The third-order valence-corrected chi connectivity index (χ3v) is 5.06. The van der Waals surface area contributed by atoms with Crippen molar-refractivity contribution >= 4 is 22.8 Å². The number of aromatic nitrogens is 1. The van der Waals surface area contributed by atoms with E-state index in [9.17, 15) is 14.7 Å². The number of rotatable bonds is 6. The Bertz CT molecular complexity index is 1240. The van der Waals surface area contributed by atoms with Crippen molar-refractivity contribution in [2.24, 2.45) is 0 Å². The van der Waals surface area contributed by atoms with Crippen molar-refractivity contribution in [2.45, 2.75) is 13.5 Å². The molecular formula is C25H21NO4. The predicted molar refractivity (Wildman–Crippen MR) is 116 cm³/mol. The Balaban J connectivity index is 1.70. The average molecular weight is 399 g/mol. The van der Waals surface area contributed by atoms with Crippen LogP contribution in [-0.4, -0.2) is 28.2 Å². The van der Waals surface area contributed by atoms with Crippen LogP contribution in [0.25, 0.3) is 22.0 Å². The molecule has 0 saturated carbocycles. The van der Waals surface area contributed by atoms with Gasteiger partial charge in [-0.05, 0) is 60.0 Å². The summed E-state index contributed by atoms with van der Waals surface area (Å²) in [7, 11) is 0. The first-order valence-corrected chi connectivity index (χ1v) is 9.74. The third-order valence-electron chi connectivity index (χ3n) is 5.06. The molecule has 3 aromatic carbocycles. The Hall–Kier alpha value is -3.86. The largest absolute Gasteiger partial charge is 0.478 e. The van der Waals surface area contributed by atoms with Gasteiger partial charge in [0.2, 0.25) is 0 Å². The molecule has 5 heteroatoms. The first-order chi connectivity index (χ1) is 14.6. The molecule has 0 aliphatic rings. The molecule has 5 nitrogen and oxygen atoms in total. The summed E-state index contributed by atoms with van der Waals surface area (Å²) in [4.78, 5) is 23.3. The Morgan fingerprint density at radius 2 is 1.77 bits per heavy atom. The van der Waals surface area contributed by atoms with Crippen molar-refractivity contribution in [3.05, 3.63) is 95.7 Å². The number of ether oxygens (including phenoxy) is 1. The Morgan fingerprint density at radius 3 is 2.57 bits per heavy atom. The van der Waals surface area contributed by atoms with Gasteiger partial charge in [0, 0.05) is 23.6 Å². The molecule has 1 aromatic heterocycles. The Morgan fingerprint density at radius 1 is 0.933 bits per heavy atom. The van der Waals surface area contributed by atoms with Gasteiger partial charge in [-0.2, -0.15) is 0 Å². The summed E-state index contributed by atoms with van der Waals surface area (Å²) in [6, 6.07) is 22.6. The fourth-order valence-corrected chi connectivity index (χ4v) is 3.62. The van der Waals surface area contributed by atoms with Crippen LogP contribution in [0.2, 0.25) is 0 Å². The van der Waals surface area contributed by atoms with Crippen molar-refractivity contribution in [3.63, 3.8) is 0 Å². The number of benzene rings is 3. The molecule has 0 aliphatic carbocycles. The maximum Gasteiger partial charge on any atom is 0.338 e. The fraction of sp³-hybridized carbons (Fsp3) is 0.120. The molecule has 0 unspecified atom stereocenters. The summed E-state index contributed by atoms with van der Waals surface area (Å²) in [5.74, 6) is -1.26. The highest BCUT2D eigenvalue weighted by Crippen LogP contribution is 2.27. The number of carbonyl (C=O) groups excluding carboxylic acids is 1. The summed E-state index contributed by atoms with van der Waals surface area (Å²) in [6.07, 6.45) is 1.96. The predicted octanol–water partition coefficient (Wildman–Crippen LogP) is 5.23. The lowest BCUT2D eigenvalue weighted by molar-refractivity contribution is 0.0526. The van der Waals surface area contributed by atoms with E-state index in [1.165, 1.54) is 0 Å². The van der Waals surface area contributed by atoms with Gasteiger partial charge in [0.25, 0.3) is 0 Å². The first-order valence-electron chi connectivity index (χ1n) is 9.74. The molecule has 0 bridgehead atoms. The zero-order valence-corrected chi connectivity index (χ0v) is 16.5. The monoisotopic (exact) mass is 399 g/mol. The van der Waals surface area contributed by atoms with Crippen LogP contribution in [0.15, 0.2) is 79.0 Å². The number of hydrogen-bond donors (Lipinski definition) is 1. The van der Waals surface area contributed by atoms with Gasteiger partial charge in [0.15, 0.2) is 0 Å². The lowest BCUT2D eigenvalue weighted by Crippen LogP contribution is -2.05. The molecule has 0 aliphatic heterocycles. The molecule has 0 saturated heterocycles. The van der Waals surface area contributed by atoms with Crippen LogP contribution in [-0.2, 0) is 11.3 Å². The second kappa shape index (κ2) is 8.25. The van der Waals surface area contributed by atoms with Crippen molar-refractivity contribution in [1.29, 1.82) is 0 Å². The smallest absolute Gasteiger partial charge is 0.338 e. The van der Waals surface area contributed by atoms with Gasteiger partial charge in [0.05, 0.1) is 17.7 Å². The molecule has 0 spiro atoms. The second-order valence-corrected chi connectivity index (χ2v) is 6.98. The van der Waals surface area contributed by atoms with Crippen molar-refractivity contribution in [3.8, 4) is 11.1 Å². The minimum Gasteiger partial charge on any atom is -0.478 e. The van der Waals surface area contributed by atoms with Crippen LogP contribution in [0.4, 0.5) is 0 Å². The van der Waals surface area contributed by atoms with E-state index >= 15 is 0 Å². The third kappa shape index (κ3) is 3.82. The van der Waals surface area contributed by atoms with Crippen molar-refractivity contribution in [1.82, 2.24) is 4.57 Å². The van der Waals surface area contributed by atoms with E-state index in [1.807, 2.05) is 54.7 Å². The Labute approximate surface area is 174 Å². The summed E-state index contributed by atoms with van der Waals surface area (Å²) in [6.45, 7) is 2.75. The maximum atomic E-state index is 12.1. The second-order valence-electron chi connectivity index (χ2n) is 6.98. The lowest BCUT2D eigenvalue weighted by atomic mass is 9.98. The van der Waals surface area contributed by atoms with Gasteiger partial charge in [0.1, 0.15) is 0 Å². The minimum absolute atomic E-state index is 0.274. The van der Waals surface area contributed by atoms with Gasteiger partial charge < -0.3 is 14.4 Å². The summed E-state index contributed by atoms with van der Waals surface area (Å²) in [5, 5.41) is 10.1. The highest BCUT2D eigenvalue weighted by Gasteiger charge is 2.12. The van der Waals surface area contributed by atoms with Crippen LogP contribution in [0, 0.1) is 0 Å². The normalized spacial score (nSPS) is 10.8. The van der Waals surface area contributed by atoms with E-state index < -0.39 is 5.97 Å². The number of esters is 1. The van der Waals surface area contributed by atoms with Gasteiger partial charge in [-0.1, -0.05) is 36.4 Å². The molecule has 0 fully saturated rings. The first kappa shape index (κ1) is 19.5. The number of carboxylic acids is 1. The van der Waals surface area contributed by atoms with Crippen LogP contribution >= 0.6 is 0 Å². The topological polar surface area (TPSA) is 68.5 Å². The minimum atomic E-state index is -0.934. The molecule has 30 heavy (non-hydrogen) atoms. The number of carboxylic acid groups (broad SMARTS) is 1. The van der Waals surface area contributed by atoms with E-state index in [0.717, 1.165) is 27.6 Å². The zero-order valence-electron chi connectivity index (χ0n) is 16.5. The molecule has 0 amide bonds. The van der Waals surface area contributed by atoms with Gasteiger partial charge in [-0.3, -0.25) is 0 Å². The highest BCUT2D eigenvalue weighted by atomic mass is 16.5. The van der Waals surface area contributed by atoms with E-state index in [-0.39, 0.29) is 11.5 Å². The summed E-state index contributed by atoms with van der Waals surface area (Å²) < 4.78 is 7.22. The Kier molecular flexibility index (Phi) is 5.35. The van der Waals surface area contributed by atoms with E-state index in [2.05, 4.69) is 10.6 Å². The van der Waals surface area contributed by atoms with Crippen LogP contribution in [0.5, 0.6) is 0 Å². The summed E-state index contributed by atoms with van der Waals surface area (Å²) >= 11 is 0. The van der Waals surface area contributed by atoms with Crippen LogP contribution in [0.3, 0.4) is 0 Å². The highest BCUT2D eigenvalue weighted by molar-refractivity contribution is 5.94. The molecule has 4 rings (SSSR count). The number of carbonyl (C=O) groups is 2. The quantitative estimate of drug-likeness (QED) is 0.451. The number of nitrogens with zero attached hydrogens (tertiary/aromatic N) is 1. The molecule has 150 valence electrons. The molecule has 1 heterocycles. The average Bonchev–Trinajstić information content (AvgIpc) is 3.16. The number of hydrogen-bond acceptors (Lipinski definition) is 3. The number of fused-ring (bicyclic) bond motifs is 1. The zero-order chi connectivity index (χ0) is 21.1. The van der Waals surface area contributed by atoms with E-state index in [1.54, 1.807) is 25.1 Å². The fourth-order valence-electron chi connectivity index (χ4n) is 3.62. The van der Waals surface area contributed by atoms with Gasteiger partial charge >= 0.3 is 11.9 Å². The molecule has 0 radical (unpaired) electrons. The van der Waals surface area contributed by atoms with Crippen LogP contribution in [0.1, 0.15) is 33.2 Å². The summed E-state index contributed by atoms with van der Waals surface area (Å²) in [5.41, 5.74) is 4.84. The van der Waals surface area contributed by atoms with Crippen LogP contribution < -0.4 is 0 Å². The molecule has 0 atom stereocenters. The van der Waals surface area contributed by atoms with Gasteiger partial charge in [-0.15, -0.1) is 0 Å².